The van der Waals surface area contributed by atoms with E-state index in [4.69, 9.17) is 0 Å². The van der Waals surface area contributed by atoms with Gasteiger partial charge in [0.05, 0.1) is 5.90 Å². The topological polar surface area (TPSA) is 34.1 Å². The Labute approximate surface area is 208 Å². The van der Waals surface area contributed by atoms with Crippen LogP contribution < -0.4 is 21.2 Å². The normalized spacial score (nSPS) is 11.5. The van der Waals surface area contributed by atoms with Gasteiger partial charge in [-0.1, -0.05) is 121 Å². The molecule has 4 rings (SSSR count). The second-order valence-corrected chi connectivity index (χ2v) is 13.1. The Hall–Kier alpha value is -1.37. The van der Waals surface area contributed by atoms with Crippen LogP contribution in [0.5, 0.6) is 0 Å². The minimum absolute atomic E-state index is 0. The molecule has 0 aromatic heterocycles. The Bertz CT molecular complexity index is 983. The van der Waals surface area contributed by atoms with Crippen molar-refractivity contribution in [3.8, 4) is 0 Å². The van der Waals surface area contributed by atoms with E-state index in [2.05, 4.69) is 0 Å². The van der Waals surface area contributed by atoms with Gasteiger partial charge in [-0.05, 0) is 0 Å². The molecule has 0 fully saturated rings. The van der Waals surface area contributed by atoms with Crippen LogP contribution in [0.3, 0.4) is 0 Å². The van der Waals surface area contributed by atoms with Gasteiger partial charge < -0.3 is 9.13 Å². The molecule has 0 aliphatic rings. The predicted octanol–water partition coefficient (Wildman–Crippen LogP) is 4.97. The summed E-state index contributed by atoms with van der Waals surface area (Å²) in [5, 5.41) is 2.94. The zero-order valence-corrected chi connectivity index (χ0v) is 20.2. The van der Waals surface area contributed by atoms with Crippen molar-refractivity contribution in [1.29, 1.82) is 0 Å². The molecular weight excluding hydrogens is 553 g/mol. The van der Waals surface area contributed by atoms with Crippen LogP contribution in [-0.4, -0.2) is 5.90 Å². The summed E-state index contributed by atoms with van der Waals surface area (Å²) in [6.45, 7) is 0. The second-order valence-electron chi connectivity index (χ2n) is 6.96. The molecule has 0 aliphatic heterocycles. The maximum absolute atomic E-state index is 14.6. The fraction of sp³-hybridized carbons (Fsp3) is 0.0400. The number of rotatable bonds is 6. The van der Waals surface area contributed by atoms with E-state index in [0.717, 1.165) is 21.2 Å². The van der Waals surface area contributed by atoms with Gasteiger partial charge >= 0.3 is 38.6 Å². The van der Waals surface area contributed by atoms with Crippen LogP contribution >= 0.6 is 14.3 Å². The van der Waals surface area contributed by atoms with Gasteiger partial charge in [0, 0.05) is 21.2 Å². The zero-order chi connectivity index (χ0) is 20.2. The largest absolute Gasteiger partial charge is 3.00 e. The summed E-state index contributed by atoms with van der Waals surface area (Å²) in [4.78, 5) is 0. The molecule has 0 radical (unpaired) electrons. The molecule has 0 saturated heterocycles. The average molecular weight is 575 g/mol. The Kier molecular flexibility index (Phi) is 7.99. The van der Waals surface area contributed by atoms with Crippen molar-refractivity contribution in [3.63, 3.8) is 0 Å². The second kappa shape index (κ2) is 10.3. The molecule has 5 heteroatoms. The summed E-state index contributed by atoms with van der Waals surface area (Å²) in [7, 11) is -6.28. The monoisotopic (exact) mass is 575 g/mol. The van der Waals surface area contributed by atoms with Crippen molar-refractivity contribution in [2.45, 2.75) is 0 Å². The van der Waals surface area contributed by atoms with Gasteiger partial charge in [0.1, 0.15) is 0 Å². The van der Waals surface area contributed by atoms with E-state index in [1.54, 1.807) is 0 Å². The Balaban J connectivity index is 0.00000256. The molecule has 0 unspecified atom stereocenters. The summed E-state index contributed by atoms with van der Waals surface area (Å²) in [5.41, 5.74) is 0. The molecule has 0 amide bonds. The van der Waals surface area contributed by atoms with Gasteiger partial charge in [0.2, 0.25) is 0 Å². The maximum atomic E-state index is 14.6. The fourth-order valence-corrected chi connectivity index (χ4v) is 11.6. The van der Waals surface area contributed by atoms with Gasteiger partial charge in [0.15, 0.2) is 14.3 Å². The molecule has 0 bridgehead atoms. The van der Waals surface area contributed by atoms with Crippen LogP contribution in [0.1, 0.15) is 0 Å². The number of hydrogen-bond donors (Lipinski definition) is 0. The molecule has 0 spiro atoms. The van der Waals surface area contributed by atoms with Crippen molar-refractivity contribution in [2.24, 2.45) is 0 Å². The quantitative estimate of drug-likeness (QED) is 0.305. The minimum atomic E-state index is -3.14. The Morgan fingerprint density at radius 1 is 0.400 bits per heavy atom. The smallest absolute Gasteiger partial charge is 0.313 e. The molecule has 4 aromatic carbocycles. The van der Waals surface area contributed by atoms with Crippen LogP contribution in [-0.2, 0) is 9.13 Å². The van der Waals surface area contributed by atoms with Gasteiger partial charge in [-0.2, -0.15) is 0 Å². The van der Waals surface area contributed by atoms with E-state index in [9.17, 15) is 9.13 Å². The first-order valence-corrected chi connectivity index (χ1v) is 13.3. The minimum Gasteiger partial charge on any atom is -0.313 e. The Morgan fingerprint density at radius 3 is 0.800 bits per heavy atom. The van der Waals surface area contributed by atoms with Crippen molar-refractivity contribution in [1.82, 2.24) is 0 Å². The van der Waals surface area contributed by atoms with Crippen LogP contribution in [0.25, 0.3) is 0 Å². The van der Waals surface area contributed by atoms with Crippen LogP contribution in [0, 0.1) is 38.6 Å². The molecule has 0 N–H and O–H groups in total. The van der Waals surface area contributed by atoms with Crippen LogP contribution in [0.15, 0.2) is 121 Å². The van der Waals surface area contributed by atoms with Crippen LogP contribution in [0.4, 0.5) is 0 Å². The third kappa shape index (κ3) is 4.76. The van der Waals surface area contributed by atoms with Gasteiger partial charge in [-0.25, -0.2) is 0 Å². The van der Waals surface area contributed by atoms with Crippen molar-refractivity contribution < 1.29 is 47.7 Å². The van der Waals surface area contributed by atoms with Crippen molar-refractivity contribution in [3.05, 3.63) is 121 Å². The molecule has 150 valence electrons. The molecule has 0 aliphatic carbocycles. The van der Waals surface area contributed by atoms with Crippen molar-refractivity contribution in [2.75, 3.05) is 5.90 Å². The Morgan fingerprint density at radius 2 is 0.600 bits per heavy atom. The SMILES string of the molecule is O=P(CP(=O)(c1ccccc1)c1ccccc1)(c1ccccc1)c1ccccc1.[Tb+3]. The molecule has 2 nitrogen and oxygen atoms in total. The number of hydrogen-bond acceptors (Lipinski definition) is 2. The van der Waals surface area contributed by atoms with E-state index < -0.39 is 14.3 Å². The molecule has 30 heavy (non-hydrogen) atoms. The summed E-state index contributed by atoms with van der Waals surface area (Å²) in [6.07, 6.45) is 0. The van der Waals surface area contributed by atoms with Gasteiger partial charge in [0.25, 0.3) is 0 Å². The molecule has 0 heterocycles. The van der Waals surface area contributed by atoms with Gasteiger partial charge in [-0.15, -0.1) is 0 Å². The first-order chi connectivity index (χ1) is 14.1. The van der Waals surface area contributed by atoms with Crippen LogP contribution in [0.2, 0.25) is 0 Å². The summed E-state index contributed by atoms with van der Waals surface area (Å²) in [6, 6.07) is 37.8. The fourth-order valence-electron chi connectivity index (χ4n) is 3.58. The molecule has 0 atom stereocenters. The third-order valence-electron chi connectivity index (χ3n) is 5.09. The summed E-state index contributed by atoms with van der Waals surface area (Å²) >= 11 is 0. The van der Waals surface area contributed by atoms with Gasteiger partial charge in [-0.3, -0.25) is 0 Å². The van der Waals surface area contributed by atoms with Crippen molar-refractivity contribution >= 4 is 35.5 Å². The van der Waals surface area contributed by atoms with E-state index in [-0.39, 0.29) is 44.5 Å². The molecular formula is C25H22O2P2Tb+3. The summed E-state index contributed by atoms with van der Waals surface area (Å²) in [5.74, 6) is 0.0854. The summed E-state index contributed by atoms with van der Waals surface area (Å²) < 4.78 is 29.2. The predicted molar refractivity (Wildman–Crippen MR) is 124 cm³/mol. The molecule has 0 saturated carbocycles. The number of benzene rings is 4. The first kappa shape index (κ1) is 23.3. The van der Waals surface area contributed by atoms with E-state index in [0.29, 0.717) is 0 Å². The standard InChI is InChI=1S/C25H22O2P2.Tb/c26-28(22-13-5-1-6-14-22,23-15-7-2-8-16-23)21-29(27,24-17-9-3-10-18-24)25-19-11-4-12-20-25;/h1-20H,21H2;/q;+3. The van der Waals surface area contributed by atoms with E-state index in [1.807, 2.05) is 121 Å². The molecule has 4 aromatic rings. The maximum Gasteiger partial charge on any atom is 3.00 e. The average Bonchev–Trinajstić information content (AvgIpc) is 2.81. The first-order valence-electron chi connectivity index (χ1n) is 9.53. The zero-order valence-electron chi connectivity index (χ0n) is 16.3. The van der Waals surface area contributed by atoms with E-state index >= 15 is 0 Å². The van der Waals surface area contributed by atoms with E-state index in [1.165, 1.54) is 0 Å². The third-order valence-corrected chi connectivity index (χ3v) is 12.8.